The molecule has 1 heterocycles. The summed E-state index contributed by atoms with van der Waals surface area (Å²) in [7, 11) is 0. The van der Waals surface area contributed by atoms with Crippen LogP contribution in [-0.2, 0) is 23.3 Å². The van der Waals surface area contributed by atoms with Gasteiger partial charge >= 0.3 is 0 Å². The zero-order valence-corrected chi connectivity index (χ0v) is 5.53. The van der Waals surface area contributed by atoms with Gasteiger partial charge in [-0.3, -0.25) is 0 Å². The fraction of sp³-hybridized carbons (Fsp3) is 1.00. The normalized spacial score (nSPS) is 20.6. The second-order valence-corrected chi connectivity index (χ2v) is 1.28. The van der Waals surface area contributed by atoms with Crippen molar-refractivity contribution in [2.24, 2.45) is 0 Å². The molecular weight excluding hydrogens is 129 g/mol. The summed E-state index contributed by atoms with van der Waals surface area (Å²) in [5.41, 5.74) is 0. The second-order valence-electron chi connectivity index (χ2n) is 1.28. The van der Waals surface area contributed by atoms with E-state index in [1.807, 2.05) is 0 Å². The average Bonchev–Trinajstić information content (AvgIpc) is 1.72. The van der Waals surface area contributed by atoms with Crippen LogP contribution in [0.2, 0.25) is 0 Å². The molecule has 3 heteroatoms. The Balaban J connectivity index is 0.000000360. The summed E-state index contributed by atoms with van der Waals surface area (Å²) in [5, 5.41) is 4.05. The van der Waals surface area contributed by atoms with Gasteiger partial charge in [0, 0.05) is 31.8 Å². The molecule has 0 spiro atoms. The molecule has 7 heavy (non-hydrogen) atoms. The van der Waals surface area contributed by atoms with Crippen molar-refractivity contribution in [3.8, 4) is 0 Å². The molecule has 1 aliphatic rings. The molecule has 1 fully saturated rings. The molecule has 1 rings (SSSR count). The molecule has 1 radical (unpaired) electrons. The van der Waals surface area contributed by atoms with Crippen LogP contribution in [0.1, 0.15) is 0 Å². The molecule has 1 saturated heterocycles. The first-order valence-corrected chi connectivity index (χ1v) is 2.21. The fourth-order valence-corrected chi connectivity index (χ4v) is 0.472. The number of rotatable bonds is 0. The van der Waals surface area contributed by atoms with Crippen molar-refractivity contribution in [2.45, 2.75) is 0 Å². The maximum atomic E-state index is 4.98. The summed E-state index contributed by atoms with van der Waals surface area (Å²) in [6.45, 7) is 3.47. The van der Waals surface area contributed by atoms with Crippen molar-refractivity contribution >= 4 is 0 Å². The van der Waals surface area contributed by atoms with Gasteiger partial charge in [0.05, 0.1) is 0 Å². The van der Waals surface area contributed by atoms with E-state index in [1.54, 1.807) is 0 Å². The van der Waals surface area contributed by atoms with E-state index >= 15 is 0 Å². The van der Waals surface area contributed by atoms with Crippen molar-refractivity contribution < 1.29 is 23.3 Å². The number of morpholine rings is 1. The van der Waals surface area contributed by atoms with Gasteiger partial charge in [-0.15, -0.1) is 13.1 Å². The molecule has 0 atom stereocenters. The van der Waals surface area contributed by atoms with Crippen LogP contribution in [0.25, 0.3) is 5.32 Å². The standard InChI is InChI=1S/C4H8NO.V/c1-3-6-4-2-5-1;/h1-4H2;/q-1;. The Bertz CT molecular complexity index is 27.2. The van der Waals surface area contributed by atoms with E-state index in [1.165, 1.54) is 0 Å². The van der Waals surface area contributed by atoms with Crippen LogP contribution >= 0.6 is 0 Å². The summed E-state index contributed by atoms with van der Waals surface area (Å²) in [6, 6.07) is 0. The van der Waals surface area contributed by atoms with Crippen LogP contribution in [0.5, 0.6) is 0 Å². The van der Waals surface area contributed by atoms with Crippen molar-refractivity contribution in [3.63, 3.8) is 0 Å². The first kappa shape index (κ1) is 7.50. The van der Waals surface area contributed by atoms with E-state index in [0.29, 0.717) is 0 Å². The Kier molecular flexibility index (Phi) is 4.99. The largest absolute Gasteiger partial charge is 0.659 e. The van der Waals surface area contributed by atoms with Gasteiger partial charge in [-0.1, -0.05) is 0 Å². The van der Waals surface area contributed by atoms with E-state index in [2.05, 4.69) is 5.32 Å². The smallest absolute Gasteiger partial charge is 0.0277 e. The molecule has 0 aromatic rings. The molecule has 0 aromatic heterocycles. The maximum Gasteiger partial charge on any atom is 0.0277 e. The molecule has 0 amide bonds. The predicted molar refractivity (Wildman–Crippen MR) is 23.9 cm³/mol. The molecule has 2 nitrogen and oxygen atoms in total. The molecule has 0 unspecified atom stereocenters. The summed E-state index contributed by atoms with van der Waals surface area (Å²) in [4.78, 5) is 0. The first-order valence-electron chi connectivity index (χ1n) is 2.21. The molecule has 41 valence electrons. The minimum atomic E-state index is 0. The zero-order chi connectivity index (χ0) is 4.24. The van der Waals surface area contributed by atoms with Crippen LogP contribution in [0.3, 0.4) is 0 Å². The third kappa shape index (κ3) is 3.12. The Hall–Kier alpha value is 0.504. The van der Waals surface area contributed by atoms with Crippen LogP contribution in [-0.4, -0.2) is 26.3 Å². The van der Waals surface area contributed by atoms with Gasteiger partial charge in [0.25, 0.3) is 0 Å². The second kappa shape index (κ2) is 4.66. The Morgan fingerprint density at radius 1 is 1.14 bits per heavy atom. The van der Waals surface area contributed by atoms with E-state index in [-0.39, 0.29) is 18.6 Å². The van der Waals surface area contributed by atoms with Crippen LogP contribution in [0.4, 0.5) is 0 Å². The van der Waals surface area contributed by atoms with Crippen LogP contribution in [0.15, 0.2) is 0 Å². The minimum absolute atomic E-state index is 0. The number of hydrogen-bond acceptors (Lipinski definition) is 1. The quantitative estimate of drug-likeness (QED) is 0.473. The van der Waals surface area contributed by atoms with Gasteiger partial charge in [0.1, 0.15) is 0 Å². The van der Waals surface area contributed by atoms with Crippen LogP contribution in [0, 0.1) is 0 Å². The summed E-state index contributed by atoms with van der Waals surface area (Å²) in [6.07, 6.45) is 0. The van der Waals surface area contributed by atoms with Gasteiger partial charge in [-0.2, -0.15) is 0 Å². The zero-order valence-electron chi connectivity index (χ0n) is 4.13. The Morgan fingerprint density at radius 3 is 1.86 bits per heavy atom. The molecule has 0 saturated carbocycles. The van der Waals surface area contributed by atoms with Gasteiger partial charge < -0.3 is 10.1 Å². The SMILES string of the molecule is C1COCC[N-]1.[V]. The minimum Gasteiger partial charge on any atom is -0.659 e. The third-order valence-electron chi connectivity index (χ3n) is 0.787. The molecular formula is C4H8NOV-. The third-order valence-corrected chi connectivity index (χ3v) is 0.787. The Morgan fingerprint density at radius 2 is 1.71 bits per heavy atom. The molecule has 0 bridgehead atoms. The van der Waals surface area contributed by atoms with Gasteiger partial charge in [-0.05, 0) is 0 Å². The van der Waals surface area contributed by atoms with E-state index in [4.69, 9.17) is 4.74 Å². The predicted octanol–water partition coefficient (Wildman–Crippen LogP) is 0.388. The van der Waals surface area contributed by atoms with Crippen molar-refractivity contribution in [1.29, 1.82) is 0 Å². The topological polar surface area (TPSA) is 23.3 Å². The summed E-state index contributed by atoms with van der Waals surface area (Å²) < 4.78 is 4.98. The van der Waals surface area contributed by atoms with Gasteiger partial charge in [0.2, 0.25) is 0 Å². The number of ether oxygens (including phenoxy) is 1. The molecule has 0 N–H and O–H groups in total. The number of hydrogen-bond donors (Lipinski definition) is 0. The average molecular weight is 137 g/mol. The Labute approximate surface area is 55.5 Å². The summed E-state index contributed by atoms with van der Waals surface area (Å²) >= 11 is 0. The first-order chi connectivity index (χ1) is 3.00. The van der Waals surface area contributed by atoms with Gasteiger partial charge in [-0.25, -0.2) is 0 Å². The fourth-order valence-electron chi connectivity index (χ4n) is 0.472. The maximum absolute atomic E-state index is 4.98. The summed E-state index contributed by atoms with van der Waals surface area (Å²) in [5.74, 6) is 0. The molecule has 0 aliphatic carbocycles. The van der Waals surface area contributed by atoms with E-state index < -0.39 is 0 Å². The number of nitrogens with zero attached hydrogens (tertiary/aromatic N) is 1. The van der Waals surface area contributed by atoms with E-state index in [0.717, 1.165) is 26.3 Å². The monoisotopic (exact) mass is 137 g/mol. The van der Waals surface area contributed by atoms with E-state index in [9.17, 15) is 0 Å². The van der Waals surface area contributed by atoms with Crippen molar-refractivity contribution in [1.82, 2.24) is 0 Å². The van der Waals surface area contributed by atoms with Crippen molar-refractivity contribution in [3.05, 3.63) is 5.32 Å². The molecule has 0 aromatic carbocycles. The van der Waals surface area contributed by atoms with Crippen molar-refractivity contribution in [2.75, 3.05) is 26.3 Å². The van der Waals surface area contributed by atoms with Crippen LogP contribution < -0.4 is 0 Å². The molecule has 1 aliphatic heterocycles. The van der Waals surface area contributed by atoms with Gasteiger partial charge in [0.15, 0.2) is 0 Å².